The average Bonchev–Trinajstić information content (AvgIpc) is 3.47. The topological polar surface area (TPSA) is 51.5 Å². The van der Waals surface area contributed by atoms with E-state index in [4.69, 9.17) is 4.74 Å². The summed E-state index contributed by atoms with van der Waals surface area (Å²) in [6, 6.07) is 14.6. The van der Waals surface area contributed by atoms with Gasteiger partial charge in [0.2, 0.25) is 0 Å². The molecule has 4 rings (SSSR count). The molecule has 4 nitrogen and oxygen atoms in total. The van der Waals surface area contributed by atoms with Gasteiger partial charge in [-0.05, 0) is 59.4 Å². The number of rotatable bonds is 7. The first-order valence-electron chi connectivity index (χ1n) is 10.8. The Bertz CT molecular complexity index is 1070. The molecule has 4 heteroatoms. The maximum atomic E-state index is 12.1. The number of carboxylic acid groups (broad SMARTS) is 1. The molecule has 1 fully saturated rings. The predicted molar refractivity (Wildman–Crippen MR) is 121 cm³/mol. The molecule has 1 saturated carbocycles. The Hall–Kier alpha value is -2.59. The van der Waals surface area contributed by atoms with Gasteiger partial charge in [-0.25, -0.2) is 4.79 Å². The zero-order chi connectivity index (χ0) is 21.5. The summed E-state index contributed by atoms with van der Waals surface area (Å²) in [4.78, 5) is 12.1. The number of carboxylic acids is 1. The Labute approximate surface area is 178 Å². The maximum absolute atomic E-state index is 12.1. The third-order valence-corrected chi connectivity index (χ3v) is 6.09. The van der Waals surface area contributed by atoms with Crippen molar-refractivity contribution < 1.29 is 14.6 Å². The van der Waals surface area contributed by atoms with Gasteiger partial charge in [0.05, 0.1) is 6.61 Å². The van der Waals surface area contributed by atoms with Crippen LogP contribution in [0.4, 0.5) is 0 Å². The van der Waals surface area contributed by atoms with E-state index in [0.717, 1.165) is 41.0 Å². The lowest BCUT2D eigenvalue weighted by Gasteiger charge is -2.19. The lowest BCUT2D eigenvalue weighted by atomic mass is 9.86. The first kappa shape index (κ1) is 20.7. The van der Waals surface area contributed by atoms with Crippen LogP contribution < -0.4 is 0 Å². The van der Waals surface area contributed by atoms with Crippen molar-refractivity contribution in [3.05, 3.63) is 59.3 Å². The third-order valence-electron chi connectivity index (χ3n) is 6.09. The number of hydrogen-bond donors (Lipinski definition) is 1. The molecule has 3 aromatic rings. The summed E-state index contributed by atoms with van der Waals surface area (Å²) in [5.74, 6) is -0.139. The fraction of sp³-hybridized carbons (Fsp3) is 0.423. The minimum Gasteiger partial charge on any atom is -0.477 e. The number of aromatic nitrogens is 1. The number of hydrogen-bond acceptors (Lipinski definition) is 2. The molecule has 30 heavy (non-hydrogen) atoms. The molecule has 0 aliphatic heterocycles. The second kappa shape index (κ2) is 7.92. The van der Waals surface area contributed by atoms with E-state index in [1.165, 1.54) is 24.0 Å². The van der Waals surface area contributed by atoms with Gasteiger partial charge < -0.3 is 14.4 Å². The molecular weight excluding hydrogens is 374 g/mol. The van der Waals surface area contributed by atoms with Crippen LogP contribution in [0.2, 0.25) is 0 Å². The van der Waals surface area contributed by atoms with Crippen LogP contribution in [0.15, 0.2) is 42.5 Å². The van der Waals surface area contributed by atoms with Gasteiger partial charge in [0.25, 0.3) is 0 Å². The largest absolute Gasteiger partial charge is 0.477 e. The van der Waals surface area contributed by atoms with E-state index < -0.39 is 5.97 Å². The summed E-state index contributed by atoms with van der Waals surface area (Å²) in [5, 5.41) is 10.9. The Kier molecular flexibility index (Phi) is 5.46. The Morgan fingerprint density at radius 3 is 2.43 bits per heavy atom. The summed E-state index contributed by atoms with van der Waals surface area (Å²) in [6.07, 6.45) is 3.43. The van der Waals surface area contributed by atoms with E-state index in [-0.39, 0.29) is 5.41 Å². The Morgan fingerprint density at radius 1 is 1.13 bits per heavy atom. The van der Waals surface area contributed by atoms with Gasteiger partial charge in [0.1, 0.15) is 5.69 Å². The van der Waals surface area contributed by atoms with E-state index in [1.807, 2.05) is 25.2 Å². The number of fused-ring (bicyclic) bond motifs is 1. The zero-order valence-corrected chi connectivity index (χ0v) is 18.4. The quantitative estimate of drug-likeness (QED) is 0.505. The van der Waals surface area contributed by atoms with E-state index in [9.17, 15) is 9.90 Å². The van der Waals surface area contributed by atoms with Gasteiger partial charge in [0.15, 0.2) is 0 Å². The van der Waals surface area contributed by atoms with Crippen molar-refractivity contribution >= 4 is 16.9 Å². The number of carbonyl (C=O) groups is 1. The van der Waals surface area contributed by atoms with Crippen molar-refractivity contribution in [1.29, 1.82) is 0 Å². The maximum Gasteiger partial charge on any atom is 0.353 e. The number of ether oxygens (including phenoxy) is 1. The second-order valence-corrected chi connectivity index (χ2v) is 9.53. The van der Waals surface area contributed by atoms with Gasteiger partial charge in [-0.2, -0.15) is 0 Å². The summed E-state index contributed by atoms with van der Waals surface area (Å²) in [6.45, 7) is 8.11. The summed E-state index contributed by atoms with van der Waals surface area (Å²) < 4.78 is 7.59. The lowest BCUT2D eigenvalue weighted by Crippen LogP contribution is -2.10. The van der Waals surface area contributed by atoms with Crippen molar-refractivity contribution in [3.8, 4) is 11.1 Å². The van der Waals surface area contributed by atoms with Gasteiger partial charge in [-0.3, -0.25) is 0 Å². The first-order chi connectivity index (χ1) is 14.3. The summed E-state index contributed by atoms with van der Waals surface area (Å²) in [5.41, 5.74) is 5.46. The molecule has 1 aliphatic carbocycles. The van der Waals surface area contributed by atoms with Crippen LogP contribution in [0.3, 0.4) is 0 Å². The van der Waals surface area contributed by atoms with Crippen LogP contribution in [0, 0.1) is 5.92 Å². The summed E-state index contributed by atoms with van der Waals surface area (Å²) >= 11 is 0. The average molecular weight is 406 g/mol. The van der Waals surface area contributed by atoms with Crippen LogP contribution in [-0.4, -0.2) is 28.9 Å². The fourth-order valence-electron chi connectivity index (χ4n) is 4.05. The molecule has 1 aromatic heterocycles. The molecule has 0 bridgehead atoms. The monoisotopic (exact) mass is 405 g/mol. The molecular formula is C26H31NO3. The smallest absolute Gasteiger partial charge is 0.353 e. The summed E-state index contributed by atoms with van der Waals surface area (Å²) in [7, 11) is 1.83. The van der Waals surface area contributed by atoms with Crippen LogP contribution in [0.1, 0.15) is 55.2 Å². The van der Waals surface area contributed by atoms with Crippen molar-refractivity contribution in [2.75, 3.05) is 13.2 Å². The van der Waals surface area contributed by atoms with Crippen LogP contribution in [0.5, 0.6) is 0 Å². The van der Waals surface area contributed by atoms with Crippen molar-refractivity contribution in [2.45, 2.75) is 45.4 Å². The van der Waals surface area contributed by atoms with Crippen molar-refractivity contribution in [2.24, 2.45) is 13.0 Å². The highest BCUT2D eigenvalue weighted by molar-refractivity contribution is 6.08. The van der Waals surface area contributed by atoms with Crippen LogP contribution in [-0.2, 0) is 23.6 Å². The predicted octanol–water partition coefficient (Wildman–Crippen LogP) is 5.81. The molecule has 1 N–H and O–H groups in total. The number of benzene rings is 2. The molecule has 0 saturated heterocycles. The second-order valence-electron chi connectivity index (χ2n) is 9.53. The van der Waals surface area contributed by atoms with Gasteiger partial charge in [-0.1, -0.05) is 51.1 Å². The number of aromatic carboxylic acids is 1. The van der Waals surface area contributed by atoms with E-state index >= 15 is 0 Å². The zero-order valence-electron chi connectivity index (χ0n) is 18.4. The Morgan fingerprint density at radius 2 is 1.83 bits per heavy atom. The lowest BCUT2D eigenvalue weighted by molar-refractivity contribution is 0.0688. The highest BCUT2D eigenvalue weighted by atomic mass is 16.5. The normalized spacial score (nSPS) is 14.4. The molecule has 0 radical (unpaired) electrons. The highest BCUT2D eigenvalue weighted by Gasteiger charge is 2.23. The standard InChI is InChI=1S/C26H31NO3/c1-26(2,3)20-10-8-19(9-11-20)23-21-15-17(13-14-30-16-18-5-6-18)7-12-22(21)27(4)24(23)25(28)29/h7-12,15,18H,5-6,13-14,16H2,1-4H3,(H,28,29). The molecule has 0 unspecified atom stereocenters. The van der Waals surface area contributed by atoms with E-state index in [2.05, 4.69) is 45.0 Å². The van der Waals surface area contributed by atoms with Gasteiger partial charge >= 0.3 is 5.97 Å². The van der Waals surface area contributed by atoms with Gasteiger partial charge in [-0.15, -0.1) is 0 Å². The molecule has 0 atom stereocenters. The molecule has 1 aliphatic rings. The Balaban J connectivity index is 1.72. The minimum absolute atomic E-state index is 0.0561. The van der Waals surface area contributed by atoms with Crippen molar-refractivity contribution in [1.82, 2.24) is 4.57 Å². The molecule has 0 amide bonds. The highest BCUT2D eigenvalue weighted by Crippen LogP contribution is 2.36. The third kappa shape index (κ3) is 4.15. The molecule has 1 heterocycles. The number of nitrogens with zero attached hydrogens (tertiary/aromatic N) is 1. The first-order valence-corrected chi connectivity index (χ1v) is 10.8. The SMILES string of the molecule is Cn1c(C(=O)O)c(-c2ccc(C(C)(C)C)cc2)c2cc(CCOCC3CC3)ccc21. The number of aryl methyl sites for hydroxylation is 1. The molecule has 0 spiro atoms. The fourth-order valence-corrected chi connectivity index (χ4v) is 4.05. The van der Waals surface area contributed by atoms with Crippen LogP contribution in [0.25, 0.3) is 22.0 Å². The van der Waals surface area contributed by atoms with Gasteiger partial charge in [0, 0.05) is 30.1 Å². The molecule has 2 aromatic carbocycles. The minimum atomic E-state index is -0.905. The van der Waals surface area contributed by atoms with E-state index in [0.29, 0.717) is 12.3 Å². The van der Waals surface area contributed by atoms with Crippen LogP contribution >= 0.6 is 0 Å². The molecule has 158 valence electrons. The van der Waals surface area contributed by atoms with E-state index in [1.54, 1.807) is 4.57 Å². The van der Waals surface area contributed by atoms with Crippen molar-refractivity contribution in [3.63, 3.8) is 0 Å².